The van der Waals surface area contributed by atoms with Gasteiger partial charge in [-0.25, -0.2) is 0 Å². The summed E-state index contributed by atoms with van der Waals surface area (Å²) < 4.78 is 11.8. The minimum Gasteiger partial charge on any atom is -0.376 e. The van der Waals surface area contributed by atoms with Crippen molar-refractivity contribution in [3.8, 4) is 0 Å². The predicted molar refractivity (Wildman–Crippen MR) is 124 cm³/mol. The molecule has 29 heavy (non-hydrogen) atoms. The molecule has 0 fully saturated rings. The Morgan fingerprint density at radius 3 is 2.17 bits per heavy atom. The van der Waals surface area contributed by atoms with Crippen LogP contribution in [0.15, 0.2) is 12.2 Å². The Kier molecular flexibility index (Phi) is 12.4. The van der Waals surface area contributed by atoms with Crippen LogP contribution in [0.3, 0.4) is 0 Å². The van der Waals surface area contributed by atoms with Crippen LogP contribution in [0.25, 0.3) is 0 Å². The van der Waals surface area contributed by atoms with Gasteiger partial charge in [-0.2, -0.15) is 0 Å². The predicted octanol–water partition coefficient (Wildman–Crippen LogP) is 6.15. The summed E-state index contributed by atoms with van der Waals surface area (Å²) in [6.45, 7) is 23.0. The smallest absolute Gasteiger partial charge is 0.246 e. The number of carbonyl (C=O) groups excluding carboxylic acids is 1. The van der Waals surface area contributed by atoms with E-state index in [0.29, 0.717) is 13.2 Å². The van der Waals surface area contributed by atoms with E-state index in [2.05, 4.69) is 65.9 Å². The van der Waals surface area contributed by atoms with Gasteiger partial charge in [-0.1, -0.05) is 53.7 Å². The first-order chi connectivity index (χ1) is 13.2. The summed E-state index contributed by atoms with van der Waals surface area (Å²) in [4.78, 5) is 11.6. The standard InChI is InChI=1S/C25H49NO3/c1-11-26-22(27)17-29-25(9,10)19-28-21(4)16-24(7,8)18-23(5,6)15-13-12-14-20(2)3/h12-13,20-21H,11,14-19H2,1-10H3,(H,26,27)/b13-12+. The van der Waals surface area contributed by atoms with Crippen molar-refractivity contribution in [3.05, 3.63) is 12.2 Å². The normalized spacial score (nSPS) is 14.6. The summed E-state index contributed by atoms with van der Waals surface area (Å²) in [5, 5.41) is 2.75. The Labute approximate surface area is 181 Å². The Hall–Kier alpha value is -0.870. The minimum atomic E-state index is -0.482. The van der Waals surface area contributed by atoms with Gasteiger partial charge in [-0.15, -0.1) is 0 Å². The van der Waals surface area contributed by atoms with E-state index in [-0.39, 0.29) is 29.4 Å². The molecule has 0 saturated carbocycles. The van der Waals surface area contributed by atoms with Crippen LogP contribution < -0.4 is 5.32 Å². The number of rotatable bonds is 15. The molecule has 1 N–H and O–H groups in total. The topological polar surface area (TPSA) is 47.6 Å². The van der Waals surface area contributed by atoms with E-state index in [1.807, 2.05) is 20.8 Å². The maximum atomic E-state index is 11.6. The number of likely N-dealkylation sites (N-methyl/N-ethyl adjacent to an activating group) is 1. The van der Waals surface area contributed by atoms with Crippen LogP contribution in [0.2, 0.25) is 0 Å². The lowest BCUT2D eigenvalue weighted by Gasteiger charge is -2.37. The number of ether oxygens (including phenoxy) is 2. The number of nitrogens with one attached hydrogen (secondary N) is 1. The van der Waals surface area contributed by atoms with Crippen LogP contribution in [0.4, 0.5) is 0 Å². The highest BCUT2D eigenvalue weighted by Crippen LogP contribution is 2.39. The number of hydrogen-bond acceptors (Lipinski definition) is 3. The van der Waals surface area contributed by atoms with Crippen molar-refractivity contribution in [1.29, 1.82) is 0 Å². The van der Waals surface area contributed by atoms with E-state index in [4.69, 9.17) is 9.47 Å². The fourth-order valence-electron chi connectivity index (χ4n) is 3.94. The quantitative estimate of drug-likeness (QED) is 0.329. The monoisotopic (exact) mass is 411 g/mol. The number of allylic oxidation sites excluding steroid dienone is 2. The first-order valence-electron chi connectivity index (χ1n) is 11.4. The number of amides is 1. The van der Waals surface area contributed by atoms with Crippen molar-refractivity contribution in [2.24, 2.45) is 16.7 Å². The maximum absolute atomic E-state index is 11.6. The molecule has 0 rings (SSSR count). The minimum absolute atomic E-state index is 0.0720. The first-order valence-corrected chi connectivity index (χ1v) is 11.4. The zero-order valence-corrected chi connectivity index (χ0v) is 21.0. The van der Waals surface area contributed by atoms with Crippen LogP contribution in [0, 0.1) is 16.7 Å². The molecule has 0 aromatic carbocycles. The zero-order valence-electron chi connectivity index (χ0n) is 21.0. The molecule has 0 aromatic rings. The Morgan fingerprint density at radius 2 is 1.62 bits per heavy atom. The SMILES string of the molecule is CCNC(=O)COC(C)(C)COC(C)CC(C)(C)CC(C)(C)C/C=C/CC(C)C. The van der Waals surface area contributed by atoms with Crippen LogP contribution in [-0.4, -0.2) is 37.4 Å². The zero-order chi connectivity index (χ0) is 22.7. The van der Waals surface area contributed by atoms with Gasteiger partial charge in [0.05, 0.1) is 18.3 Å². The van der Waals surface area contributed by atoms with E-state index >= 15 is 0 Å². The molecular weight excluding hydrogens is 362 g/mol. The third-order valence-electron chi connectivity index (χ3n) is 4.93. The van der Waals surface area contributed by atoms with Gasteiger partial charge in [0.2, 0.25) is 5.91 Å². The van der Waals surface area contributed by atoms with Gasteiger partial charge in [-0.3, -0.25) is 4.79 Å². The largest absolute Gasteiger partial charge is 0.376 e. The van der Waals surface area contributed by atoms with Crippen LogP contribution >= 0.6 is 0 Å². The average Bonchev–Trinajstić information content (AvgIpc) is 2.54. The third kappa shape index (κ3) is 15.6. The molecule has 0 saturated heterocycles. The molecular formula is C25H49NO3. The lowest BCUT2D eigenvalue weighted by atomic mass is 9.71. The maximum Gasteiger partial charge on any atom is 0.246 e. The average molecular weight is 412 g/mol. The Morgan fingerprint density at radius 1 is 1.00 bits per heavy atom. The number of carbonyl (C=O) groups is 1. The molecule has 0 radical (unpaired) electrons. The summed E-state index contributed by atoms with van der Waals surface area (Å²) in [6, 6.07) is 0. The summed E-state index contributed by atoms with van der Waals surface area (Å²) >= 11 is 0. The fraction of sp³-hybridized carbons (Fsp3) is 0.880. The van der Waals surface area contributed by atoms with Gasteiger partial charge in [0.25, 0.3) is 0 Å². The van der Waals surface area contributed by atoms with E-state index in [1.165, 1.54) is 0 Å². The van der Waals surface area contributed by atoms with E-state index in [1.54, 1.807) is 0 Å². The fourth-order valence-corrected chi connectivity index (χ4v) is 3.94. The Bertz CT molecular complexity index is 492. The van der Waals surface area contributed by atoms with E-state index in [9.17, 15) is 4.79 Å². The van der Waals surface area contributed by atoms with Gasteiger partial charge in [0.15, 0.2) is 0 Å². The molecule has 0 heterocycles. The molecule has 0 aliphatic rings. The van der Waals surface area contributed by atoms with Crippen molar-refractivity contribution < 1.29 is 14.3 Å². The summed E-state index contributed by atoms with van der Waals surface area (Å²) in [7, 11) is 0. The summed E-state index contributed by atoms with van der Waals surface area (Å²) in [6.07, 6.45) is 9.24. The number of hydrogen-bond donors (Lipinski definition) is 1. The van der Waals surface area contributed by atoms with Gasteiger partial charge >= 0.3 is 0 Å². The van der Waals surface area contributed by atoms with Gasteiger partial charge < -0.3 is 14.8 Å². The second kappa shape index (κ2) is 12.7. The molecule has 0 aromatic heterocycles. The highest BCUT2D eigenvalue weighted by molar-refractivity contribution is 5.77. The molecule has 172 valence electrons. The lowest BCUT2D eigenvalue weighted by Crippen LogP contribution is -2.38. The molecule has 0 aliphatic carbocycles. The van der Waals surface area contributed by atoms with E-state index < -0.39 is 5.60 Å². The van der Waals surface area contributed by atoms with Crippen LogP contribution in [-0.2, 0) is 14.3 Å². The summed E-state index contributed by atoms with van der Waals surface area (Å²) in [5.74, 6) is 0.637. The molecule has 1 atom stereocenters. The molecule has 0 spiro atoms. The second-order valence-corrected chi connectivity index (χ2v) is 11.1. The highest BCUT2D eigenvalue weighted by atomic mass is 16.5. The van der Waals surface area contributed by atoms with Crippen molar-refractivity contribution in [3.63, 3.8) is 0 Å². The molecule has 1 amide bonds. The van der Waals surface area contributed by atoms with Crippen molar-refractivity contribution in [2.45, 2.75) is 107 Å². The van der Waals surface area contributed by atoms with Crippen molar-refractivity contribution >= 4 is 5.91 Å². The summed E-state index contributed by atoms with van der Waals surface area (Å²) in [5.41, 5.74) is -0.0174. The molecule has 1 unspecified atom stereocenters. The first kappa shape index (κ1) is 28.1. The van der Waals surface area contributed by atoms with Gasteiger partial charge in [0, 0.05) is 6.54 Å². The van der Waals surface area contributed by atoms with Crippen molar-refractivity contribution in [1.82, 2.24) is 5.32 Å². The highest BCUT2D eigenvalue weighted by Gasteiger charge is 2.30. The van der Waals surface area contributed by atoms with Crippen LogP contribution in [0.5, 0.6) is 0 Å². The third-order valence-corrected chi connectivity index (χ3v) is 4.93. The molecule has 4 heteroatoms. The molecule has 0 aliphatic heterocycles. The second-order valence-electron chi connectivity index (χ2n) is 11.1. The van der Waals surface area contributed by atoms with Crippen LogP contribution in [0.1, 0.15) is 94.9 Å². The Balaban J connectivity index is 4.45. The van der Waals surface area contributed by atoms with Gasteiger partial charge in [-0.05, 0) is 70.1 Å². The van der Waals surface area contributed by atoms with Gasteiger partial charge in [0.1, 0.15) is 6.61 Å². The molecule has 4 nitrogen and oxygen atoms in total. The van der Waals surface area contributed by atoms with E-state index in [0.717, 1.165) is 31.6 Å². The van der Waals surface area contributed by atoms with Crippen molar-refractivity contribution in [2.75, 3.05) is 19.8 Å². The molecule has 0 bridgehead atoms. The lowest BCUT2D eigenvalue weighted by molar-refractivity contribution is -0.138.